The van der Waals surface area contributed by atoms with Gasteiger partial charge < -0.3 is 14.5 Å². The number of methoxy groups -OCH3 is 1. The predicted molar refractivity (Wildman–Crippen MR) is 71.7 cm³/mol. The largest absolute Gasteiger partial charge is 0.467 e. The lowest BCUT2D eigenvalue weighted by atomic mass is 10.1. The van der Waals surface area contributed by atoms with Gasteiger partial charge in [-0.2, -0.15) is 0 Å². The van der Waals surface area contributed by atoms with Crippen LogP contribution in [-0.2, 0) is 11.3 Å². The van der Waals surface area contributed by atoms with E-state index in [9.17, 15) is 13.6 Å². The Morgan fingerprint density at radius 1 is 1.38 bits per heavy atom. The second-order valence-electron chi connectivity index (χ2n) is 4.56. The summed E-state index contributed by atoms with van der Waals surface area (Å²) in [6.07, 6.45) is 1.29. The van der Waals surface area contributed by atoms with Crippen LogP contribution in [-0.4, -0.2) is 13.1 Å². The Hall–Kier alpha value is -2.21. The summed E-state index contributed by atoms with van der Waals surface area (Å²) in [6.45, 7) is 1.98. The van der Waals surface area contributed by atoms with E-state index in [1.165, 1.54) is 19.4 Å². The van der Waals surface area contributed by atoms with Gasteiger partial charge in [-0.15, -0.1) is 0 Å². The van der Waals surface area contributed by atoms with E-state index in [0.717, 1.165) is 18.2 Å². The Bertz CT molecular complexity index is 640. The fraction of sp³-hybridized carbons (Fsp3) is 0.267. The minimum atomic E-state index is -0.494. The number of ether oxygens (including phenoxy) is 1. The molecule has 6 heteroatoms. The first-order chi connectivity index (χ1) is 10.0. The number of hydrogen-bond donors (Lipinski definition) is 1. The van der Waals surface area contributed by atoms with Crippen molar-refractivity contribution >= 4 is 5.97 Å². The Morgan fingerprint density at radius 3 is 2.86 bits per heavy atom. The highest BCUT2D eigenvalue weighted by atomic mass is 19.1. The third-order valence-corrected chi connectivity index (χ3v) is 3.08. The van der Waals surface area contributed by atoms with E-state index in [2.05, 4.69) is 10.1 Å². The van der Waals surface area contributed by atoms with Gasteiger partial charge in [-0.25, -0.2) is 13.6 Å². The number of furan rings is 1. The molecule has 1 aromatic carbocycles. The molecule has 2 rings (SSSR count). The zero-order chi connectivity index (χ0) is 15.4. The highest BCUT2D eigenvalue weighted by molar-refractivity contribution is 5.88. The average Bonchev–Trinajstić information content (AvgIpc) is 2.95. The lowest BCUT2D eigenvalue weighted by Gasteiger charge is -2.14. The quantitative estimate of drug-likeness (QED) is 0.861. The molecule has 0 fully saturated rings. The zero-order valence-corrected chi connectivity index (χ0v) is 11.7. The van der Waals surface area contributed by atoms with E-state index >= 15 is 0 Å². The molecular formula is C15H15F2NO3. The van der Waals surface area contributed by atoms with E-state index in [1.54, 1.807) is 6.92 Å². The highest BCUT2D eigenvalue weighted by Gasteiger charge is 2.14. The zero-order valence-electron chi connectivity index (χ0n) is 11.7. The first-order valence-electron chi connectivity index (χ1n) is 6.35. The number of nitrogens with one attached hydrogen (secondary N) is 1. The third kappa shape index (κ3) is 3.66. The minimum absolute atomic E-state index is 0.231. The summed E-state index contributed by atoms with van der Waals surface area (Å²) in [5, 5.41) is 3.00. The second-order valence-corrected chi connectivity index (χ2v) is 4.56. The van der Waals surface area contributed by atoms with E-state index in [-0.39, 0.29) is 12.1 Å². The van der Waals surface area contributed by atoms with Gasteiger partial charge >= 0.3 is 5.97 Å². The van der Waals surface area contributed by atoms with Gasteiger partial charge in [0.05, 0.1) is 19.2 Å². The minimum Gasteiger partial charge on any atom is -0.467 e. The second kappa shape index (κ2) is 6.49. The smallest absolute Gasteiger partial charge is 0.341 e. The molecule has 0 saturated heterocycles. The molecule has 1 N–H and O–H groups in total. The van der Waals surface area contributed by atoms with Gasteiger partial charge in [0, 0.05) is 11.6 Å². The van der Waals surface area contributed by atoms with Gasteiger partial charge in [-0.3, -0.25) is 0 Å². The molecule has 1 atom stereocenters. The van der Waals surface area contributed by atoms with E-state index in [4.69, 9.17) is 4.42 Å². The maximum Gasteiger partial charge on any atom is 0.341 e. The molecule has 4 nitrogen and oxygen atoms in total. The van der Waals surface area contributed by atoms with Crippen molar-refractivity contribution in [1.82, 2.24) is 5.32 Å². The molecule has 0 aliphatic carbocycles. The normalized spacial score (nSPS) is 12.2. The standard InChI is InChI=1S/C15H15F2NO3/c1-9(13-6-11(16)3-4-14(13)17)18-7-12-5-10(8-21-12)15(19)20-2/h3-6,8-9,18H,7H2,1-2H3. The molecule has 0 bridgehead atoms. The molecule has 0 aliphatic rings. The first-order valence-corrected chi connectivity index (χ1v) is 6.35. The van der Waals surface area contributed by atoms with Crippen molar-refractivity contribution in [3.8, 4) is 0 Å². The van der Waals surface area contributed by atoms with Crippen LogP contribution in [0, 0.1) is 11.6 Å². The maximum atomic E-state index is 13.6. The van der Waals surface area contributed by atoms with E-state index in [1.807, 2.05) is 0 Å². The molecular weight excluding hydrogens is 280 g/mol. The van der Waals surface area contributed by atoms with Crippen molar-refractivity contribution in [1.29, 1.82) is 0 Å². The number of rotatable bonds is 5. The number of hydrogen-bond acceptors (Lipinski definition) is 4. The molecule has 1 heterocycles. The number of benzene rings is 1. The van der Waals surface area contributed by atoms with Crippen molar-refractivity contribution in [3.05, 3.63) is 59.1 Å². The summed E-state index contributed by atoms with van der Waals surface area (Å²) in [4.78, 5) is 11.3. The molecule has 1 aromatic heterocycles. The van der Waals surface area contributed by atoms with Gasteiger partial charge in [0.1, 0.15) is 23.7 Å². The van der Waals surface area contributed by atoms with Gasteiger partial charge in [0.2, 0.25) is 0 Å². The predicted octanol–water partition coefficient (Wildman–Crippen LogP) is 3.20. The molecule has 0 aliphatic heterocycles. The molecule has 0 spiro atoms. The average molecular weight is 295 g/mol. The Balaban J connectivity index is 2.00. The Labute approximate surface area is 120 Å². The molecule has 112 valence electrons. The van der Waals surface area contributed by atoms with E-state index < -0.39 is 23.6 Å². The van der Waals surface area contributed by atoms with Crippen molar-refractivity contribution in [2.24, 2.45) is 0 Å². The van der Waals surface area contributed by atoms with Crippen LogP contribution in [0.4, 0.5) is 8.78 Å². The third-order valence-electron chi connectivity index (χ3n) is 3.08. The molecule has 2 aromatic rings. The molecule has 0 radical (unpaired) electrons. The van der Waals surface area contributed by atoms with E-state index in [0.29, 0.717) is 11.3 Å². The summed E-state index contributed by atoms with van der Waals surface area (Å²) in [6, 6.07) is 4.43. The number of halogens is 2. The van der Waals surface area contributed by atoms with Gasteiger partial charge in [0.15, 0.2) is 0 Å². The van der Waals surface area contributed by atoms with Crippen LogP contribution in [0.2, 0.25) is 0 Å². The first kappa shape index (κ1) is 15.2. The highest BCUT2D eigenvalue weighted by Crippen LogP contribution is 2.19. The summed E-state index contributed by atoms with van der Waals surface area (Å²) < 4.78 is 36.5. The van der Waals surface area contributed by atoms with Crippen LogP contribution in [0.25, 0.3) is 0 Å². The van der Waals surface area contributed by atoms with Gasteiger partial charge in [0.25, 0.3) is 0 Å². The topological polar surface area (TPSA) is 51.5 Å². The summed E-state index contributed by atoms with van der Waals surface area (Å²) in [7, 11) is 1.28. The summed E-state index contributed by atoms with van der Waals surface area (Å²) in [5.74, 6) is -0.967. The van der Waals surface area contributed by atoms with Crippen LogP contribution in [0.5, 0.6) is 0 Å². The molecule has 1 unspecified atom stereocenters. The fourth-order valence-electron chi connectivity index (χ4n) is 1.91. The molecule has 21 heavy (non-hydrogen) atoms. The lowest BCUT2D eigenvalue weighted by Crippen LogP contribution is -2.19. The summed E-state index contributed by atoms with van der Waals surface area (Å²) >= 11 is 0. The van der Waals surface area contributed by atoms with Crippen molar-refractivity contribution in [2.45, 2.75) is 19.5 Å². The van der Waals surface area contributed by atoms with Crippen LogP contribution in [0.1, 0.15) is 34.6 Å². The van der Waals surface area contributed by atoms with Gasteiger partial charge in [-0.05, 0) is 31.2 Å². The van der Waals surface area contributed by atoms with Gasteiger partial charge in [-0.1, -0.05) is 0 Å². The van der Waals surface area contributed by atoms with Crippen molar-refractivity contribution in [2.75, 3.05) is 7.11 Å². The van der Waals surface area contributed by atoms with Crippen LogP contribution < -0.4 is 5.32 Å². The Kier molecular flexibility index (Phi) is 4.70. The number of esters is 1. The monoisotopic (exact) mass is 295 g/mol. The van der Waals surface area contributed by atoms with Crippen LogP contribution >= 0.6 is 0 Å². The van der Waals surface area contributed by atoms with Crippen LogP contribution in [0.15, 0.2) is 34.9 Å². The van der Waals surface area contributed by atoms with Crippen molar-refractivity contribution in [3.63, 3.8) is 0 Å². The lowest BCUT2D eigenvalue weighted by molar-refractivity contribution is 0.0600. The molecule has 0 saturated carbocycles. The molecule has 0 amide bonds. The fourth-order valence-corrected chi connectivity index (χ4v) is 1.91. The van der Waals surface area contributed by atoms with Crippen LogP contribution in [0.3, 0.4) is 0 Å². The number of carbonyl (C=O) groups excluding carboxylic acids is 1. The summed E-state index contributed by atoms with van der Waals surface area (Å²) in [5.41, 5.74) is 0.536. The Morgan fingerprint density at radius 2 is 2.14 bits per heavy atom. The van der Waals surface area contributed by atoms with Crippen molar-refractivity contribution < 1.29 is 22.7 Å². The maximum absolute atomic E-state index is 13.6. The SMILES string of the molecule is COC(=O)c1coc(CNC(C)c2cc(F)ccc2F)c1. The number of carbonyl (C=O) groups is 1.